The monoisotopic (exact) mass is 282 g/mol. The maximum Gasteiger partial charge on any atom is 0.317 e. The van der Waals surface area contributed by atoms with Gasteiger partial charge in [0.2, 0.25) is 0 Å². The summed E-state index contributed by atoms with van der Waals surface area (Å²) < 4.78 is 0. The molecule has 3 unspecified atom stereocenters. The lowest BCUT2D eigenvalue weighted by atomic mass is 9.78. The van der Waals surface area contributed by atoms with Crippen LogP contribution in [-0.4, -0.2) is 41.1 Å². The first-order chi connectivity index (χ1) is 9.40. The van der Waals surface area contributed by atoms with Crippen molar-refractivity contribution in [2.75, 3.05) is 13.1 Å². The van der Waals surface area contributed by atoms with Crippen molar-refractivity contribution < 1.29 is 14.7 Å². The summed E-state index contributed by atoms with van der Waals surface area (Å²) >= 11 is 0. The van der Waals surface area contributed by atoms with Crippen LogP contribution in [0.3, 0.4) is 0 Å². The molecule has 0 radical (unpaired) electrons. The number of nitrogens with zero attached hydrogens (tertiary/aromatic N) is 1. The van der Waals surface area contributed by atoms with Gasteiger partial charge in [-0.05, 0) is 24.2 Å². The van der Waals surface area contributed by atoms with Crippen LogP contribution in [0.15, 0.2) is 0 Å². The lowest BCUT2D eigenvalue weighted by Crippen LogP contribution is -2.49. The van der Waals surface area contributed by atoms with Crippen LogP contribution in [0.4, 0.5) is 4.79 Å². The highest BCUT2D eigenvalue weighted by Gasteiger charge is 2.38. The molecular formula is C15H26N2O3. The molecule has 1 aliphatic carbocycles. The number of urea groups is 1. The normalized spacial score (nSPS) is 37.8. The summed E-state index contributed by atoms with van der Waals surface area (Å²) in [5.74, 6) is -0.0711. The van der Waals surface area contributed by atoms with E-state index in [0.29, 0.717) is 24.9 Å². The molecule has 2 aliphatic rings. The molecule has 0 bridgehead atoms. The second-order valence-corrected chi connectivity index (χ2v) is 6.65. The Hall–Kier alpha value is -1.26. The van der Waals surface area contributed by atoms with Crippen molar-refractivity contribution in [3.63, 3.8) is 0 Å². The summed E-state index contributed by atoms with van der Waals surface area (Å²) in [5.41, 5.74) is 0. The van der Waals surface area contributed by atoms with Crippen molar-refractivity contribution in [3.8, 4) is 0 Å². The molecule has 0 aromatic rings. The molecule has 2 amide bonds. The Morgan fingerprint density at radius 2 is 1.80 bits per heavy atom. The Balaban J connectivity index is 1.91. The van der Waals surface area contributed by atoms with Crippen molar-refractivity contribution >= 4 is 12.0 Å². The third kappa shape index (κ3) is 3.07. The summed E-state index contributed by atoms with van der Waals surface area (Å²) in [4.78, 5) is 25.1. The van der Waals surface area contributed by atoms with Crippen molar-refractivity contribution in [2.24, 2.45) is 23.7 Å². The van der Waals surface area contributed by atoms with Gasteiger partial charge in [-0.3, -0.25) is 4.79 Å². The zero-order valence-corrected chi connectivity index (χ0v) is 12.6. The van der Waals surface area contributed by atoms with Gasteiger partial charge in [0.05, 0.1) is 5.92 Å². The second-order valence-electron chi connectivity index (χ2n) is 6.65. The predicted molar refractivity (Wildman–Crippen MR) is 76.4 cm³/mol. The van der Waals surface area contributed by atoms with Crippen molar-refractivity contribution in [2.45, 2.75) is 46.1 Å². The highest BCUT2D eigenvalue weighted by atomic mass is 16.4. The van der Waals surface area contributed by atoms with E-state index in [9.17, 15) is 9.59 Å². The van der Waals surface area contributed by atoms with Gasteiger partial charge >= 0.3 is 12.0 Å². The summed E-state index contributed by atoms with van der Waals surface area (Å²) in [6.45, 7) is 7.21. The number of hydrogen-bond donors (Lipinski definition) is 2. The van der Waals surface area contributed by atoms with Gasteiger partial charge in [0.1, 0.15) is 0 Å². The minimum absolute atomic E-state index is 0.0287. The third-order valence-corrected chi connectivity index (χ3v) is 5.23. The quantitative estimate of drug-likeness (QED) is 0.815. The molecule has 1 saturated carbocycles. The van der Waals surface area contributed by atoms with E-state index in [4.69, 9.17) is 5.11 Å². The van der Waals surface area contributed by atoms with E-state index in [-0.39, 0.29) is 18.0 Å². The Labute approximate surface area is 120 Å². The Morgan fingerprint density at radius 1 is 1.10 bits per heavy atom. The molecule has 2 rings (SSSR count). The fourth-order valence-corrected chi connectivity index (χ4v) is 3.49. The number of hydrogen-bond acceptors (Lipinski definition) is 2. The molecule has 5 nitrogen and oxygen atoms in total. The maximum absolute atomic E-state index is 12.3. The van der Waals surface area contributed by atoms with Crippen molar-refractivity contribution in [1.29, 1.82) is 0 Å². The first-order valence-electron chi connectivity index (χ1n) is 7.68. The van der Waals surface area contributed by atoms with Crippen LogP contribution >= 0.6 is 0 Å². The smallest absolute Gasteiger partial charge is 0.317 e. The van der Waals surface area contributed by atoms with E-state index in [1.54, 1.807) is 4.90 Å². The molecule has 5 atom stereocenters. The molecule has 20 heavy (non-hydrogen) atoms. The summed E-state index contributed by atoms with van der Waals surface area (Å²) in [5, 5.41) is 12.2. The predicted octanol–water partition coefficient (Wildman–Crippen LogP) is 2.17. The lowest BCUT2D eigenvalue weighted by Gasteiger charge is -2.35. The molecule has 5 heteroatoms. The zero-order chi connectivity index (χ0) is 14.9. The van der Waals surface area contributed by atoms with Crippen LogP contribution < -0.4 is 5.32 Å². The first kappa shape index (κ1) is 15.1. The van der Waals surface area contributed by atoms with Gasteiger partial charge in [-0.15, -0.1) is 0 Å². The molecule has 1 heterocycles. The highest BCUT2D eigenvalue weighted by Crippen LogP contribution is 2.30. The van der Waals surface area contributed by atoms with Gasteiger partial charge in [-0.25, -0.2) is 4.79 Å². The van der Waals surface area contributed by atoms with Crippen LogP contribution in [0, 0.1) is 23.7 Å². The number of carbonyl (C=O) groups is 2. The number of carbonyl (C=O) groups excluding carboxylic acids is 1. The van der Waals surface area contributed by atoms with Crippen LogP contribution in [0.1, 0.15) is 40.0 Å². The van der Waals surface area contributed by atoms with Gasteiger partial charge in [0.25, 0.3) is 0 Å². The number of rotatable bonds is 2. The van der Waals surface area contributed by atoms with Crippen molar-refractivity contribution in [1.82, 2.24) is 10.2 Å². The molecule has 2 fully saturated rings. The molecule has 0 aromatic carbocycles. The van der Waals surface area contributed by atoms with E-state index in [1.165, 1.54) is 6.42 Å². The van der Waals surface area contributed by atoms with Gasteiger partial charge in [0.15, 0.2) is 0 Å². The summed E-state index contributed by atoms with van der Waals surface area (Å²) in [6, 6.07) is 0.136. The Morgan fingerprint density at radius 3 is 2.40 bits per heavy atom. The van der Waals surface area contributed by atoms with Crippen LogP contribution in [0.5, 0.6) is 0 Å². The molecule has 1 aliphatic heterocycles. The SMILES string of the molecule is CC1CCCC(NC(=O)N2C[C@@H](C)[C@H](C(=O)O)C2)C1C. The second kappa shape index (κ2) is 6.02. The van der Waals surface area contributed by atoms with E-state index in [0.717, 1.165) is 12.8 Å². The van der Waals surface area contributed by atoms with E-state index < -0.39 is 11.9 Å². The molecule has 0 spiro atoms. The van der Waals surface area contributed by atoms with Crippen LogP contribution in [0.2, 0.25) is 0 Å². The topological polar surface area (TPSA) is 69.6 Å². The van der Waals surface area contributed by atoms with Crippen LogP contribution in [0.25, 0.3) is 0 Å². The van der Waals surface area contributed by atoms with Gasteiger partial charge in [-0.2, -0.15) is 0 Å². The maximum atomic E-state index is 12.3. The number of amides is 2. The molecule has 114 valence electrons. The molecule has 2 N–H and O–H groups in total. The van der Waals surface area contributed by atoms with Gasteiger partial charge in [0, 0.05) is 19.1 Å². The van der Waals surface area contributed by atoms with Crippen LogP contribution in [-0.2, 0) is 4.79 Å². The van der Waals surface area contributed by atoms with Gasteiger partial charge < -0.3 is 15.3 Å². The zero-order valence-electron chi connectivity index (χ0n) is 12.6. The standard InChI is InChI=1S/C15H26N2O3/c1-9-5-4-6-13(11(9)3)16-15(20)17-7-10(2)12(8-17)14(18)19/h9-13H,4-8H2,1-3H3,(H,16,20)(H,18,19)/t9?,10-,11?,12-,13?/m1/s1. The Bertz CT molecular complexity index is 385. The molecule has 1 saturated heterocycles. The summed E-state index contributed by atoms with van der Waals surface area (Å²) in [7, 11) is 0. The van der Waals surface area contributed by atoms with E-state index in [2.05, 4.69) is 19.2 Å². The largest absolute Gasteiger partial charge is 0.481 e. The van der Waals surface area contributed by atoms with E-state index in [1.807, 2.05) is 6.92 Å². The number of nitrogens with one attached hydrogen (secondary N) is 1. The minimum atomic E-state index is -0.799. The number of aliphatic carboxylic acids is 1. The van der Waals surface area contributed by atoms with E-state index >= 15 is 0 Å². The number of likely N-dealkylation sites (tertiary alicyclic amines) is 1. The third-order valence-electron chi connectivity index (χ3n) is 5.23. The summed E-state index contributed by atoms with van der Waals surface area (Å²) in [6.07, 6.45) is 3.42. The minimum Gasteiger partial charge on any atom is -0.481 e. The molecular weight excluding hydrogens is 256 g/mol. The molecule has 0 aromatic heterocycles. The first-order valence-corrected chi connectivity index (χ1v) is 7.68. The number of carboxylic acid groups (broad SMARTS) is 1. The highest BCUT2D eigenvalue weighted by molar-refractivity contribution is 5.77. The lowest BCUT2D eigenvalue weighted by molar-refractivity contribution is -0.142. The Kier molecular flexibility index (Phi) is 4.55. The number of carboxylic acids is 1. The average molecular weight is 282 g/mol. The van der Waals surface area contributed by atoms with Gasteiger partial charge in [-0.1, -0.05) is 33.6 Å². The van der Waals surface area contributed by atoms with Crippen molar-refractivity contribution in [3.05, 3.63) is 0 Å². The fraction of sp³-hybridized carbons (Fsp3) is 0.867. The fourth-order valence-electron chi connectivity index (χ4n) is 3.49. The average Bonchev–Trinajstić information content (AvgIpc) is 2.77.